The fraction of sp³-hybridized carbons (Fsp3) is 0.625. The Labute approximate surface area is 121 Å². The maximum atomic E-state index is 5.69. The van der Waals surface area contributed by atoms with E-state index in [1.165, 1.54) is 12.1 Å². The summed E-state index contributed by atoms with van der Waals surface area (Å²) in [5.74, 6) is 2.40. The molecule has 4 nitrogen and oxygen atoms in total. The lowest BCUT2D eigenvalue weighted by Gasteiger charge is -2.29. The minimum atomic E-state index is 0.547. The molecule has 0 bridgehead atoms. The Kier molecular flexibility index (Phi) is 4.01. The molecule has 0 aromatic heterocycles. The van der Waals surface area contributed by atoms with Crippen LogP contribution in [0.3, 0.4) is 0 Å². The van der Waals surface area contributed by atoms with Gasteiger partial charge in [0.1, 0.15) is 13.2 Å². The lowest BCUT2D eigenvalue weighted by atomic mass is 10.0. The summed E-state index contributed by atoms with van der Waals surface area (Å²) >= 11 is 0. The van der Waals surface area contributed by atoms with E-state index in [0.717, 1.165) is 31.1 Å². The highest BCUT2D eigenvalue weighted by molar-refractivity contribution is 5.57. The highest BCUT2D eigenvalue weighted by Crippen LogP contribution is 2.34. The molecule has 3 rings (SSSR count). The van der Waals surface area contributed by atoms with Crippen molar-refractivity contribution in [3.05, 3.63) is 18.2 Å². The van der Waals surface area contributed by atoms with Gasteiger partial charge in [-0.2, -0.15) is 0 Å². The van der Waals surface area contributed by atoms with Gasteiger partial charge in [0.05, 0.1) is 0 Å². The first-order valence-corrected chi connectivity index (χ1v) is 7.62. The maximum Gasteiger partial charge on any atom is 0.163 e. The molecule has 0 amide bonds. The molecule has 0 aliphatic carbocycles. The fourth-order valence-electron chi connectivity index (χ4n) is 2.86. The molecular weight excluding hydrogens is 252 g/mol. The first-order chi connectivity index (χ1) is 9.74. The molecule has 110 valence electrons. The van der Waals surface area contributed by atoms with Gasteiger partial charge in [0, 0.05) is 30.9 Å². The maximum absolute atomic E-state index is 5.69. The Hall–Kier alpha value is -1.42. The standard InChI is InChI=1S/C16H24N2O2/c1-12(2)14-11-18(7-3-6-17-14)13-4-5-15-16(10-13)20-9-8-19-15/h4-5,10,12,14,17H,3,6-9,11H2,1-2H3. The molecule has 0 radical (unpaired) electrons. The number of nitrogens with one attached hydrogen (secondary N) is 1. The van der Waals surface area contributed by atoms with Crippen LogP contribution in [0.25, 0.3) is 0 Å². The second-order valence-electron chi connectivity index (χ2n) is 5.93. The molecule has 0 spiro atoms. The number of hydrogen-bond acceptors (Lipinski definition) is 4. The molecule has 2 aliphatic heterocycles. The molecule has 1 unspecified atom stereocenters. The predicted molar refractivity (Wildman–Crippen MR) is 80.9 cm³/mol. The molecule has 20 heavy (non-hydrogen) atoms. The van der Waals surface area contributed by atoms with E-state index in [-0.39, 0.29) is 0 Å². The van der Waals surface area contributed by atoms with Gasteiger partial charge in [-0.1, -0.05) is 13.8 Å². The van der Waals surface area contributed by atoms with Gasteiger partial charge in [0.2, 0.25) is 0 Å². The van der Waals surface area contributed by atoms with Gasteiger partial charge in [-0.25, -0.2) is 0 Å². The Morgan fingerprint density at radius 1 is 1.20 bits per heavy atom. The van der Waals surface area contributed by atoms with Gasteiger partial charge in [-0.15, -0.1) is 0 Å². The van der Waals surface area contributed by atoms with E-state index in [1.54, 1.807) is 0 Å². The largest absolute Gasteiger partial charge is 0.486 e. The molecule has 0 saturated carbocycles. The van der Waals surface area contributed by atoms with Gasteiger partial charge in [0.25, 0.3) is 0 Å². The van der Waals surface area contributed by atoms with E-state index in [4.69, 9.17) is 9.47 Å². The summed E-state index contributed by atoms with van der Waals surface area (Å²) in [6.45, 7) is 9.11. The quantitative estimate of drug-likeness (QED) is 0.898. The van der Waals surface area contributed by atoms with E-state index >= 15 is 0 Å². The van der Waals surface area contributed by atoms with Crippen LogP contribution in [0.2, 0.25) is 0 Å². The predicted octanol–water partition coefficient (Wildman–Crippen LogP) is 2.28. The third kappa shape index (κ3) is 2.85. The number of nitrogens with zero attached hydrogens (tertiary/aromatic N) is 1. The first-order valence-electron chi connectivity index (χ1n) is 7.62. The van der Waals surface area contributed by atoms with Crippen molar-refractivity contribution in [1.29, 1.82) is 0 Å². The van der Waals surface area contributed by atoms with Crippen LogP contribution in [0.15, 0.2) is 18.2 Å². The van der Waals surface area contributed by atoms with Crippen molar-refractivity contribution in [2.45, 2.75) is 26.3 Å². The summed E-state index contributed by atoms with van der Waals surface area (Å²) in [7, 11) is 0. The summed E-state index contributed by atoms with van der Waals surface area (Å²) in [4.78, 5) is 2.46. The highest BCUT2D eigenvalue weighted by Gasteiger charge is 2.22. The summed E-state index contributed by atoms with van der Waals surface area (Å²) in [5, 5.41) is 3.65. The lowest BCUT2D eigenvalue weighted by Crippen LogP contribution is -2.41. The van der Waals surface area contributed by atoms with Crippen molar-refractivity contribution < 1.29 is 9.47 Å². The van der Waals surface area contributed by atoms with Gasteiger partial charge < -0.3 is 19.7 Å². The highest BCUT2D eigenvalue weighted by atomic mass is 16.6. The third-order valence-corrected chi connectivity index (χ3v) is 4.12. The van der Waals surface area contributed by atoms with Crippen molar-refractivity contribution >= 4 is 5.69 Å². The Balaban J connectivity index is 1.80. The zero-order chi connectivity index (χ0) is 13.9. The number of rotatable bonds is 2. The molecule has 4 heteroatoms. The van der Waals surface area contributed by atoms with Gasteiger partial charge in [-0.05, 0) is 31.0 Å². The van der Waals surface area contributed by atoms with E-state index in [2.05, 4.69) is 36.2 Å². The minimum Gasteiger partial charge on any atom is -0.486 e. The van der Waals surface area contributed by atoms with Crippen LogP contribution in [0.4, 0.5) is 5.69 Å². The van der Waals surface area contributed by atoms with Crippen LogP contribution < -0.4 is 19.7 Å². The van der Waals surface area contributed by atoms with Crippen molar-refractivity contribution in [2.24, 2.45) is 5.92 Å². The average molecular weight is 276 g/mol. The lowest BCUT2D eigenvalue weighted by molar-refractivity contribution is 0.171. The van der Waals surface area contributed by atoms with Crippen LogP contribution in [-0.4, -0.2) is 38.9 Å². The van der Waals surface area contributed by atoms with Gasteiger partial charge in [0.15, 0.2) is 11.5 Å². The summed E-state index contributed by atoms with van der Waals surface area (Å²) in [6.07, 6.45) is 1.18. The molecule has 1 N–H and O–H groups in total. The second kappa shape index (κ2) is 5.92. The fourth-order valence-corrected chi connectivity index (χ4v) is 2.86. The molecule has 2 aliphatic rings. The van der Waals surface area contributed by atoms with Crippen LogP contribution in [0.1, 0.15) is 20.3 Å². The molecule has 1 aromatic rings. The van der Waals surface area contributed by atoms with Gasteiger partial charge in [-0.3, -0.25) is 0 Å². The third-order valence-electron chi connectivity index (χ3n) is 4.12. The molecule has 1 saturated heterocycles. The van der Waals surface area contributed by atoms with Crippen molar-refractivity contribution in [3.63, 3.8) is 0 Å². The summed E-state index contributed by atoms with van der Waals surface area (Å²) < 4.78 is 11.3. The van der Waals surface area contributed by atoms with Crippen LogP contribution >= 0.6 is 0 Å². The number of fused-ring (bicyclic) bond motifs is 1. The normalized spacial score (nSPS) is 22.8. The number of hydrogen-bond donors (Lipinski definition) is 1. The number of ether oxygens (including phenoxy) is 2. The molecular formula is C16H24N2O2. The van der Waals surface area contributed by atoms with Crippen LogP contribution in [-0.2, 0) is 0 Å². The van der Waals surface area contributed by atoms with Crippen molar-refractivity contribution in [2.75, 3.05) is 37.7 Å². The zero-order valence-corrected chi connectivity index (χ0v) is 12.4. The average Bonchev–Trinajstić information content (AvgIpc) is 2.73. The summed E-state index contributed by atoms with van der Waals surface area (Å²) in [6, 6.07) is 6.85. The topological polar surface area (TPSA) is 33.7 Å². The van der Waals surface area contributed by atoms with Gasteiger partial charge >= 0.3 is 0 Å². The second-order valence-corrected chi connectivity index (χ2v) is 5.93. The molecule has 1 atom stereocenters. The minimum absolute atomic E-state index is 0.547. The number of anilines is 1. The Morgan fingerprint density at radius 2 is 2.00 bits per heavy atom. The SMILES string of the molecule is CC(C)C1CN(c2ccc3c(c2)OCCO3)CCCN1. The summed E-state index contributed by atoms with van der Waals surface area (Å²) in [5.41, 5.74) is 1.24. The van der Waals surface area contributed by atoms with Crippen molar-refractivity contribution in [3.8, 4) is 11.5 Å². The first kappa shape index (κ1) is 13.6. The van der Waals surface area contributed by atoms with E-state index in [9.17, 15) is 0 Å². The molecule has 1 fully saturated rings. The smallest absolute Gasteiger partial charge is 0.163 e. The Morgan fingerprint density at radius 3 is 2.80 bits per heavy atom. The van der Waals surface area contributed by atoms with E-state index < -0.39 is 0 Å². The molecule has 1 aromatic carbocycles. The van der Waals surface area contributed by atoms with E-state index in [1.807, 2.05) is 6.07 Å². The Bertz CT molecular complexity index is 462. The number of benzene rings is 1. The van der Waals surface area contributed by atoms with Crippen LogP contribution in [0.5, 0.6) is 11.5 Å². The monoisotopic (exact) mass is 276 g/mol. The van der Waals surface area contributed by atoms with E-state index in [0.29, 0.717) is 25.2 Å². The van der Waals surface area contributed by atoms with Crippen molar-refractivity contribution in [1.82, 2.24) is 5.32 Å². The van der Waals surface area contributed by atoms with Crippen LogP contribution in [0, 0.1) is 5.92 Å². The molecule has 2 heterocycles. The zero-order valence-electron chi connectivity index (χ0n) is 12.4.